The number of nitrogens with one attached hydrogen (secondary N) is 2. The fourth-order valence-electron chi connectivity index (χ4n) is 3.47. The number of aryl methyl sites for hydroxylation is 1. The largest absolute Gasteiger partial charge is 0.348 e. The van der Waals surface area contributed by atoms with Crippen molar-refractivity contribution >= 4 is 17.6 Å². The van der Waals surface area contributed by atoms with Crippen molar-refractivity contribution in [3.63, 3.8) is 0 Å². The Hall–Kier alpha value is -4.53. The molecule has 3 aromatic carbocycles. The Morgan fingerprint density at radius 3 is 2.56 bits per heavy atom. The van der Waals surface area contributed by atoms with Crippen molar-refractivity contribution in [2.75, 3.05) is 18.9 Å². The molecule has 184 valence electrons. The standard InChI is InChI=1S/C27H26FN5O3/c1-18-6-5-8-22(16-18)30-27(35)33(2)15-14-24-31-26(36-32-24)20-12-10-19(11-13-20)25(34)29-17-21-7-3-4-9-23(21)28/h3-13,16H,14-15,17H2,1-2H3,(H,29,34)(H,30,35). The van der Waals surface area contributed by atoms with Crippen LogP contribution >= 0.6 is 0 Å². The number of carbonyl (C=O) groups is 2. The molecule has 0 aliphatic carbocycles. The van der Waals surface area contributed by atoms with Crippen molar-refractivity contribution in [1.29, 1.82) is 0 Å². The molecule has 4 rings (SSSR count). The molecule has 2 N–H and O–H groups in total. The van der Waals surface area contributed by atoms with E-state index >= 15 is 0 Å². The fraction of sp³-hybridized carbons (Fsp3) is 0.185. The Kier molecular flexibility index (Phi) is 7.69. The minimum Gasteiger partial charge on any atom is -0.348 e. The van der Waals surface area contributed by atoms with Gasteiger partial charge in [0.2, 0.25) is 0 Å². The monoisotopic (exact) mass is 487 g/mol. The summed E-state index contributed by atoms with van der Waals surface area (Å²) in [5, 5.41) is 9.55. The van der Waals surface area contributed by atoms with Crippen LogP contribution in [0.4, 0.5) is 14.9 Å². The summed E-state index contributed by atoms with van der Waals surface area (Å²) < 4.78 is 19.1. The van der Waals surface area contributed by atoms with Gasteiger partial charge in [0, 0.05) is 48.9 Å². The number of anilines is 1. The maximum Gasteiger partial charge on any atom is 0.321 e. The molecule has 9 heteroatoms. The number of halogens is 1. The molecule has 0 saturated carbocycles. The summed E-state index contributed by atoms with van der Waals surface area (Å²) in [5.74, 6) is 0.100. The Morgan fingerprint density at radius 1 is 1.03 bits per heavy atom. The number of hydrogen-bond donors (Lipinski definition) is 2. The van der Waals surface area contributed by atoms with Crippen LogP contribution in [-0.4, -0.2) is 40.6 Å². The molecule has 8 nitrogen and oxygen atoms in total. The number of aromatic nitrogens is 2. The average Bonchev–Trinajstić information content (AvgIpc) is 3.36. The number of likely N-dealkylation sites (N-methyl/N-ethyl adjacent to an activating group) is 1. The molecule has 0 spiro atoms. The molecule has 36 heavy (non-hydrogen) atoms. The van der Waals surface area contributed by atoms with E-state index in [4.69, 9.17) is 4.52 Å². The first-order valence-electron chi connectivity index (χ1n) is 11.4. The van der Waals surface area contributed by atoms with Gasteiger partial charge >= 0.3 is 6.03 Å². The third kappa shape index (κ3) is 6.32. The van der Waals surface area contributed by atoms with Gasteiger partial charge in [0.05, 0.1) is 0 Å². The van der Waals surface area contributed by atoms with Gasteiger partial charge < -0.3 is 20.1 Å². The normalized spacial score (nSPS) is 10.6. The highest BCUT2D eigenvalue weighted by Crippen LogP contribution is 2.18. The van der Waals surface area contributed by atoms with Gasteiger partial charge in [0.25, 0.3) is 11.8 Å². The van der Waals surface area contributed by atoms with Gasteiger partial charge in [-0.25, -0.2) is 9.18 Å². The van der Waals surface area contributed by atoms with Crippen LogP contribution in [0.15, 0.2) is 77.3 Å². The van der Waals surface area contributed by atoms with Crippen molar-refractivity contribution in [3.05, 3.63) is 101 Å². The first-order chi connectivity index (χ1) is 17.4. The molecule has 0 bridgehead atoms. The van der Waals surface area contributed by atoms with E-state index in [1.807, 2.05) is 31.2 Å². The van der Waals surface area contributed by atoms with Crippen molar-refractivity contribution in [1.82, 2.24) is 20.4 Å². The number of benzene rings is 3. The molecule has 1 heterocycles. The highest BCUT2D eigenvalue weighted by Gasteiger charge is 2.14. The van der Waals surface area contributed by atoms with E-state index in [-0.39, 0.29) is 24.3 Å². The molecule has 0 fully saturated rings. The van der Waals surface area contributed by atoms with Crippen LogP contribution < -0.4 is 10.6 Å². The number of nitrogens with zero attached hydrogens (tertiary/aromatic N) is 3. The zero-order valence-electron chi connectivity index (χ0n) is 20.0. The van der Waals surface area contributed by atoms with Crippen molar-refractivity contribution in [2.24, 2.45) is 0 Å². The number of urea groups is 1. The molecule has 0 radical (unpaired) electrons. The summed E-state index contributed by atoms with van der Waals surface area (Å²) in [7, 11) is 1.70. The minimum absolute atomic E-state index is 0.0950. The second-order valence-electron chi connectivity index (χ2n) is 8.34. The van der Waals surface area contributed by atoms with E-state index in [0.717, 1.165) is 11.3 Å². The Bertz CT molecular complexity index is 1350. The van der Waals surface area contributed by atoms with Crippen LogP contribution in [0.2, 0.25) is 0 Å². The lowest BCUT2D eigenvalue weighted by atomic mass is 10.1. The molecule has 0 saturated heterocycles. The van der Waals surface area contributed by atoms with E-state index in [9.17, 15) is 14.0 Å². The number of rotatable bonds is 8. The van der Waals surface area contributed by atoms with Gasteiger partial charge in [-0.3, -0.25) is 4.79 Å². The van der Waals surface area contributed by atoms with E-state index < -0.39 is 0 Å². The summed E-state index contributed by atoms with van der Waals surface area (Å²) in [6.07, 6.45) is 0.414. The summed E-state index contributed by atoms with van der Waals surface area (Å²) >= 11 is 0. The number of amides is 3. The van der Waals surface area contributed by atoms with E-state index in [2.05, 4.69) is 20.8 Å². The smallest absolute Gasteiger partial charge is 0.321 e. The van der Waals surface area contributed by atoms with Crippen LogP contribution in [-0.2, 0) is 13.0 Å². The van der Waals surface area contributed by atoms with Crippen molar-refractivity contribution in [2.45, 2.75) is 19.9 Å². The highest BCUT2D eigenvalue weighted by molar-refractivity contribution is 5.94. The van der Waals surface area contributed by atoms with Crippen LogP contribution in [0.3, 0.4) is 0 Å². The first-order valence-corrected chi connectivity index (χ1v) is 11.4. The maximum atomic E-state index is 13.7. The molecule has 0 aliphatic heterocycles. The summed E-state index contributed by atoms with van der Waals surface area (Å²) in [4.78, 5) is 30.7. The summed E-state index contributed by atoms with van der Waals surface area (Å²) in [6, 6.07) is 20.3. The van der Waals surface area contributed by atoms with Gasteiger partial charge in [-0.2, -0.15) is 4.98 Å². The van der Waals surface area contributed by atoms with Crippen LogP contribution in [0.5, 0.6) is 0 Å². The molecular formula is C27H26FN5O3. The van der Waals surface area contributed by atoms with E-state index in [0.29, 0.717) is 41.4 Å². The van der Waals surface area contributed by atoms with Crippen molar-refractivity contribution in [3.8, 4) is 11.5 Å². The third-order valence-corrected chi connectivity index (χ3v) is 5.55. The first kappa shape index (κ1) is 24.6. The number of hydrogen-bond acceptors (Lipinski definition) is 5. The fourth-order valence-corrected chi connectivity index (χ4v) is 3.47. The topological polar surface area (TPSA) is 100 Å². The quantitative estimate of drug-likeness (QED) is 0.371. The van der Waals surface area contributed by atoms with Crippen LogP contribution in [0.1, 0.15) is 27.3 Å². The van der Waals surface area contributed by atoms with Crippen molar-refractivity contribution < 1.29 is 18.5 Å². The van der Waals surface area contributed by atoms with Crippen LogP contribution in [0, 0.1) is 12.7 Å². The third-order valence-electron chi connectivity index (χ3n) is 5.55. The van der Waals surface area contributed by atoms with Gasteiger partial charge in [0.1, 0.15) is 5.82 Å². The molecule has 3 amide bonds. The zero-order valence-corrected chi connectivity index (χ0v) is 20.0. The molecule has 1 aromatic heterocycles. The van der Waals surface area contributed by atoms with Gasteiger partial charge in [0.15, 0.2) is 5.82 Å². The van der Waals surface area contributed by atoms with Gasteiger partial charge in [-0.1, -0.05) is 35.5 Å². The van der Waals surface area contributed by atoms with Gasteiger partial charge in [-0.05, 0) is 55.0 Å². The molecule has 0 aliphatic rings. The van der Waals surface area contributed by atoms with Gasteiger partial charge in [-0.15, -0.1) is 0 Å². The Morgan fingerprint density at radius 2 is 1.81 bits per heavy atom. The lowest BCUT2D eigenvalue weighted by molar-refractivity contribution is 0.0950. The minimum atomic E-state index is -0.363. The average molecular weight is 488 g/mol. The molecule has 4 aromatic rings. The highest BCUT2D eigenvalue weighted by atomic mass is 19.1. The summed E-state index contributed by atoms with van der Waals surface area (Å²) in [5.41, 5.74) is 3.30. The molecular weight excluding hydrogens is 461 g/mol. The summed E-state index contributed by atoms with van der Waals surface area (Å²) in [6.45, 7) is 2.46. The Balaban J connectivity index is 1.29. The molecule has 0 atom stereocenters. The van der Waals surface area contributed by atoms with E-state index in [1.54, 1.807) is 54.4 Å². The lowest BCUT2D eigenvalue weighted by Gasteiger charge is -2.17. The lowest BCUT2D eigenvalue weighted by Crippen LogP contribution is -2.33. The van der Waals surface area contributed by atoms with E-state index in [1.165, 1.54) is 6.07 Å². The second kappa shape index (κ2) is 11.3. The van der Waals surface area contributed by atoms with Crippen LogP contribution in [0.25, 0.3) is 11.5 Å². The zero-order chi connectivity index (χ0) is 25.5. The Labute approximate surface area is 208 Å². The second-order valence-corrected chi connectivity index (χ2v) is 8.34. The SMILES string of the molecule is Cc1cccc(NC(=O)N(C)CCc2noc(-c3ccc(C(=O)NCc4ccccc4F)cc3)n2)c1. The predicted octanol–water partition coefficient (Wildman–Crippen LogP) is 4.82. The maximum absolute atomic E-state index is 13.7. The number of carbonyl (C=O) groups excluding carboxylic acids is 2. The molecule has 0 unspecified atom stereocenters. The predicted molar refractivity (Wildman–Crippen MR) is 134 cm³/mol.